The Morgan fingerprint density at radius 2 is 2.19 bits per heavy atom. The van der Waals surface area contributed by atoms with E-state index in [4.69, 9.17) is 9.47 Å². The molecule has 1 heterocycles. The number of nitrogens with one attached hydrogen (secondary N) is 1. The van der Waals surface area contributed by atoms with Crippen molar-refractivity contribution in [2.45, 2.75) is 6.10 Å². The molecular weight excluding hydrogens is 272 g/mol. The number of aliphatic hydroxyl groups is 1. The Balaban J connectivity index is 1.82. The fourth-order valence-corrected chi connectivity index (χ4v) is 1.95. The van der Waals surface area contributed by atoms with Crippen LogP contribution in [0.5, 0.6) is 11.5 Å². The smallest absolute Gasteiger partial charge is 0.244 e. The summed E-state index contributed by atoms with van der Waals surface area (Å²) < 4.78 is 10.5. The molecule has 2 N–H and O–H groups in total. The molecular formula is C15H20N2O4. The summed E-state index contributed by atoms with van der Waals surface area (Å²) in [5.74, 6) is 1.15. The average molecular weight is 292 g/mol. The highest BCUT2D eigenvalue weighted by Crippen LogP contribution is 2.32. The number of aliphatic hydroxyl groups excluding tert-OH is 1. The molecule has 0 spiro atoms. The first-order valence-corrected chi connectivity index (χ1v) is 6.73. The van der Waals surface area contributed by atoms with E-state index in [1.165, 1.54) is 6.08 Å². The molecule has 114 valence electrons. The highest BCUT2D eigenvalue weighted by Gasteiger charge is 2.12. The molecule has 0 aromatic heterocycles. The Hall–Kier alpha value is -2.05. The number of nitrogens with zero attached hydrogens (tertiary/aromatic N) is 1. The Morgan fingerprint density at radius 3 is 2.95 bits per heavy atom. The summed E-state index contributed by atoms with van der Waals surface area (Å²) in [6.07, 6.45) is 2.54. The lowest BCUT2D eigenvalue weighted by Gasteiger charge is -2.15. The number of fused-ring (bicyclic) bond motifs is 1. The zero-order chi connectivity index (χ0) is 15.2. The zero-order valence-electron chi connectivity index (χ0n) is 12.2. The van der Waals surface area contributed by atoms with Gasteiger partial charge in [-0.1, -0.05) is 6.07 Å². The monoisotopic (exact) mass is 292 g/mol. The van der Waals surface area contributed by atoms with Gasteiger partial charge >= 0.3 is 0 Å². The molecule has 0 bridgehead atoms. The van der Waals surface area contributed by atoms with Crippen LogP contribution in [0.3, 0.4) is 0 Å². The average Bonchev–Trinajstić information content (AvgIpc) is 2.89. The van der Waals surface area contributed by atoms with Gasteiger partial charge in [0, 0.05) is 19.2 Å². The molecule has 1 atom stereocenters. The van der Waals surface area contributed by atoms with E-state index >= 15 is 0 Å². The summed E-state index contributed by atoms with van der Waals surface area (Å²) >= 11 is 0. The Labute approximate surface area is 124 Å². The predicted molar refractivity (Wildman–Crippen MR) is 79.2 cm³/mol. The van der Waals surface area contributed by atoms with Gasteiger partial charge in [-0.2, -0.15) is 0 Å². The van der Waals surface area contributed by atoms with Crippen LogP contribution in [0.1, 0.15) is 5.56 Å². The summed E-state index contributed by atoms with van der Waals surface area (Å²) in [6, 6.07) is 5.46. The molecule has 0 radical (unpaired) electrons. The van der Waals surface area contributed by atoms with Crippen LogP contribution in [-0.2, 0) is 4.79 Å². The highest BCUT2D eigenvalue weighted by atomic mass is 16.7. The maximum atomic E-state index is 11.7. The van der Waals surface area contributed by atoms with Gasteiger partial charge in [-0.05, 0) is 37.9 Å². The second-order valence-corrected chi connectivity index (χ2v) is 5.11. The summed E-state index contributed by atoms with van der Waals surface area (Å²) in [4.78, 5) is 13.5. The van der Waals surface area contributed by atoms with E-state index in [1.807, 2.05) is 31.1 Å². The third kappa shape index (κ3) is 4.77. The number of amides is 1. The number of likely N-dealkylation sites (N-methyl/N-ethyl adjacent to an activating group) is 1. The molecule has 0 saturated carbocycles. The molecule has 1 aliphatic rings. The van der Waals surface area contributed by atoms with Crippen LogP contribution in [0.2, 0.25) is 0 Å². The van der Waals surface area contributed by atoms with E-state index in [2.05, 4.69) is 5.32 Å². The Kier molecular flexibility index (Phi) is 5.19. The number of hydrogen-bond acceptors (Lipinski definition) is 5. The fraction of sp³-hybridized carbons (Fsp3) is 0.400. The molecule has 0 fully saturated rings. The molecule has 0 aliphatic carbocycles. The van der Waals surface area contributed by atoms with Crippen molar-refractivity contribution >= 4 is 12.0 Å². The van der Waals surface area contributed by atoms with Crippen molar-refractivity contribution in [2.75, 3.05) is 34.0 Å². The van der Waals surface area contributed by atoms with E-state index in [9.17, 15) is 9.90 Å². The van der Waals surface area contributed by atoms with Crippen LogP contribution in [0, 0.1) is 0 Å². The van der Waals surface area contributed by atoms with Crippen LogP contribution in [0.25, 0.3) is 6.08 Å². The second-order valence-electron chi connectivity index (χ2n) is 5.11. The van der Waals surface area contributed by atoms with Crippen molar-refractivity contribution in [3.8, 4) is 11.5 Å². The third-order valence-corrected chi connectivity index (χ3v) is 2.91. The van der Waals surface area contributed by atoms with Crippen molar-refractivity contribution in [1.82, 2.24) is 10.2 Å². The number of hydrogen-bond donors (Lipinski definition) is 2. The van der Waals surface area contributed by atoms with Crippen molar-refractivity contribution in [1.29, 1.82) is 0 Å². The summed E-state index contributed by atoms with van der Waals surface area (Å²) in [5, 5.41) is 12.3. The lowest BCUT2D eigenvalue weighted by molar-refractivity contribution is -0.116. The van der Waals surface area contributed by atoms with Crippen LogP contribution in [-0.4, -0.2) is 56.0 Å². The first-order chi connectivity index (χ1) is 10.0. The summed E-state index contributed by atoms with van der Waals surface area (Å²) in [7, 11) is 3.73. The lowest BCUT2D eigenvalue weighted by atomic mass is 10.2. The van der Waals surface area contributed by atoms with Crippen LogP contribution < -0.4 is 14.8 Å². The van der Waals surface area contributed by atoms with Crippen molar-refractivity contribution < 1.29 is 19.4 Å². The van der Waals surface area contributed by atoms with Gasteiger partial charge in [-0.3, -0.25) is 4.79 Å². The molecule has 2 rings (SSSR count). The van der Waals surface area contributed by atoms with Gasteiger partial charge in [-0.25, -0.2) is 0 Å². The normalized spacial score (nSPS) is 14.7. The predicted octanol–water partition coefficient (Wildman–Crippen LogP) is 0.467. The molecule has 1 unspecified atom stereocenters. The van der Waals surface area contributed by atoms with Crippen molar-refractivity contribution in [3.63, 3.8) is 0 Å². The van der Waals surface area contributed by atoms with Gasteiger partial charge in [0.05, 0.1) is 6.10 Å². The number of carbonyl (C=O) groups is 1. The topological polar surface area (TPSA) is 71.0 Å². The molecule has 1 amide bonds. The van der Waals surface area contributed by atoms with Gasteiger partial charge in [0.1, 0.15) is 0 Å². The molecule has 1 aromatic rings. The van der Waals surface area contributed by atoms with Gasteiger partial charge in [0.2, 0.25) is 12.7 Å². The largest absolute Gasteiger partial charge is 0.454 e. The molecule has 1 aromatic carbocycles. The van der Waals surface area contributed by atoms with Crippen molar-refractivity contribution in [3.05, 3.63) is 29.8 Å². The van der Waals surface area contributed by atoms with Crippen LogP contribution in [0.15, 0.2) is 24.3 Å². The standard InChI is InChI=1S/C15H20N2O4/c1-17(2)9-12(18)8-16-15(19)6-4-11-3-5-13-14(7-11)21-10-20-13/h3-7,12,18H,8-10H2,1-2H3,(H,16,19)/b6-4+. The first-order valence-electron chi connectivity index (χ1n) is 6.73. The third-order valence-electron chi connectivity index (χ3n) is 2.91. The molecule has 6 nitrogen and oxygen atoms in total. The Bertz CT molecular complexity index is 528. The minimum absolute atomic E-state index is 0.225. The van der Waals surface area contributed by atoms with Crippen molar-refractivity contribution in [2.24, 2.45) is 0 Å². The quantitative estimate of drug-likeness (QED) is 0.746. The summed E-state index contributed by atoms with van der Waals surface area (Å²) in [6.45, 7) is 0.960. The molecule has 6 heteroatoms. The fourth-order valence-electron chi connectivity index (χ4n) is 1.95. The maximum Gasteiger partial charge on any atom is 0.244 e. The van der Waals surface area contributed by atoms with Crippen LogP contribution in [0.4, 0.5) is 0 Å². The van der Waals surface area contributed by atoms with Gasteiger partial charge in [0.25, 0.3) is 0 Å². The van der Waals surface area contributed by atoms with E-state index in [-0.39, 0.29) is 19.2 Å². The van der Waals surface area contributed by atoms with E-state index in [0.717, 1.165) is 5.56 Å². The zero-order valence-corrected chi connectivity index (χ0v) is 12.2. The van der Waals surface area contributed by atoms with E-state index in [1.54, 1.807) is 12.1 Å². The van der Waals surface area contributed by atoms with Gasteiger partial charge in [0.15, 0.2) is 11.5 Å². The highest BCUT2D eigenvalue weighted by molar-refractivity contribution is 5.91. The Morgan fingerprint density at radius 1 is 1.43 bits per heavy atom. The molecule has 1 aliphatic heterocycles. The first kappa shape index (κ1) is 15.3. The SMILES string of the molecule is CN(C)CC(O)CNC(=O)/C=C/c1ccc2c(c1)OCO2. The number of ether oxygens (including phenoxy) is 2. The minimum atomic E-state index is -0.581. The molecule has 21 heavy (non-hydrogen) atoms. The van der Waals surface area contributed by atoms with E-state index in [0.29, 0.717) is 18.0 Å². The van der Waals surface area contributed by atoms with Gasteiger partial charge in [-0.15, -0.1) is 0 Å². The number of benzene rings is 1. The molecule has 0 saturated heterocycles. The van der Waals surface area contributed by atoms with Crippen LogP contribution >= 0.6 is 0 Å². The number of rotatable bonds is 6. The number of carbonyl (C=O) groups excluding carboxylic acids is 1. The maximum absolute atomic E-state index is 11.7. The minimum Gasteiger partial charge on any atom is -0.454 e. The summed E-state index contributed by atoms with van der Waals surface area (Å²) in [5.41, 5.74) is 0.850. The lowest BCUT2D eigenvalue weighted by Crippen LogP contribution is -2.37. The van der Waals surface area contributed by atoms with Gasteiger partial charge < -0.3 is 24.8 Å². The van der Waals surface area contributed by atoms with E-state index < -0.39 is 6.10 Å². The second kappa shape index (κ2) is 7.10.